The first-order valence-corrected chi connectivity index (χ1v) is 12.3. The van der Waals surface area contributed by atoms with Crippen LogP contribution in [0.3, 0.4) is 0 Å². The minimum Gasteiger partial charge on any atom is -0.385 e. The number of hydrogen-bond acceptors (Lipinski definition) is 6. The van der Waals surface area contributed by atoms with Gasteiger partial charge in [-0.15, -0.1) is 10.2 Å². The average Bonchev–Trinajstić information content (AvgIpc) is 3.29. The molecule has 9 heteroatoms. The summed E-state index contributed by atoms with van der Waals surface area (Å²) in [5, 5.41) is 14.5. The van der Waals surface area contributed by atoms with Gasteiger partial charge in [0.1, 0.15) is 0 Å². The molecule has 0 radical (unpaired) electrons. The molecule has 0 spiro atoms. The third-order valence-corrected chi connectivity index (χ3v) is 6.92. The lowest BCUT2D eigenvalue weighted by Gasteiger charge is -2.13. The Balaban J connectivity index is 1.45. The average molecular weight is 488 g/mol. The van der Waals surface area contributed by atoms with Gasteiger partial charge in [-0.05, 0) is 48.4 Å². The standard InChI is InChI=1S/C26H25N5O3S/c1-17(23(32)27-20-13-12-18-8-3-4-9-19(18)16-20)35-26-29-28-25-30(14-7-15-34-2)24(33)21-10-5-6-11-22(21)31(25)26/h3-6,8-13,16-17H,7,14-15H2,1-2H3,(H,27,32)/t17-/m1/s1. The number of nitrogens with zero attached hydrogens (tertiary/aromatic N) is 4. The predicted molar refractivity (Wildman–Crippen MR) is 139 cm³/mol. The highest BCUT2D eigenvalue weighted by atomic mass is 32.2. The number of para-hydroxylation sites is 1. The maximum atomic E-state index is 13.1. The number of benzene rings is 3. The highest BCUT2D eigenvalue weighted by molar-refractivity contribution is 8.00. The summed E-state index contributed by atoms with van der Waals surface area (Å²) in [4.78, 5) is 26.2. The molecule has 5 aromatic rings. The Morgan fingerprint density at radius 1 is 1.06 bits per heavy atom. The van der Waals surface area contributed by atoms with Crippen molar-refractivity contribution in [2.75, 3.05) is 19.0 Å². The summed E-state index contributed by atoms with van der Waals surface area (Å²) >= 11 is 1.31. The van der Waals surface area contributed by atoms with Gasteiger partial charge in [-0.1, -0.05) is 54.2 Å². The Morgan fingerprint density at radius 2 is 1.83 bits per heavy atom. The maximum absolute atomic E-state index is 13.1. The lowest BCUT2D eigenvalue weighted by Crippen LogP contribution is -2.24. The Hall–Kier alpha value is -3.69. The molecule has 5 rings (SSSR count). The smallest absolute Gasteiger partial charge is 0.262 e. The predicted octanol–water partition coefficient (Wildman–Crippen LogP) is 4.35. The Morgan fingerprint density at radius 3 is 2.66 bits per heavy atom. The molecule has 0 saturated heterocycles. The molecule has 1 atom stereocenters. The van der Waals surface area contributed by atoms with Crippen LogP contribution in [0, 0.1) is 0 Å². The highest BCUT2D eigenvalue weighted by Gasteiger charge is 2.21. The van der Waals surface area contributed by atoms with Gasteiger partial charge < -0.3 is 10.1 Å². The van der Waals surface area contributed by atoms with Gasteiger partial charge in [0.05, 0.1) is 16.2 Å². The molecule has 0 aliphatic carbocycles. The van der Waals surface area contributed by atoms with Crippen molar-refractivity contribution in [2.24, 2.45) is 0 Å². The molecule has 2 heterocycles. The van der Waals surface area contributed by atoms with Gasteiger partial charge in [-0.3, -0.25) is 18.6 Å². The van der Waals surface area contributed by atoms with E-state index in [4.69, 9.17) is 4.74 Å². The fourth-order valence-electron chi connectivity index (χ4n) is 4.10. The van der Waals surface area contributed by atoms with Crippen LogP contribution < -0.4 is 10.9 Å². The zero-order valence-corrected chi connectivity index (χ0v) is 20.3. The Kier molecular flexibility index (Phi) is 6.52. The lowest BCUT2D eigenvalue weighted by atomic mass is 10.1. The van der Waals surface area contributed by atoms with Gasteiger partial charge >= 0.3 is 0 Å². The number of aryl methyl sites for hydroxylation is 1. The van der Waals surface area contributed by atoms with Crippen molar-refractivity contribution in [1.29, 1.82) is 0 Å². The third kappa shape index (κ3) is 4.52. The van der Waals surface area contributed by atoms with Crippen molar-refractivity contribution in [3.63, 3.8) is 0 Å². The fourth-order valence-corrected chi connectivity index (χ4v) is 4.96. The van der Waals surface area contributed by atoms with Gasteiger partial charge in [-0.2, -0.15) is 0 Å². The van der Waals surface area contributed by atoms with Crippen LogP contribution in [0.25, 0.3) is 27.5 Å². The van der Waals surface area contributed by atoms with Crippen LogP contribution in [-0.2, 0) is 16.1 Å². The molecule has 0 fully saturated rings. The minimum atomic E-state index is -0.443. The maximum Gasteiger partial charge on any atom is 0.262 e. The van der Waals surface area contributed by atoms with Crippen molar-refractivity contribution in [2.45, 2.75) is 30.3 Å². The summed E-state index contributed by atoms with van der Waals surface area (Å²) in [6, 6.07) is 21.3. The number of anilines is 1. The van der Waals surface area contributed by atoms with E-state index in [0.717, 1.165) is 16.5 Å². The Bertz CT molecular complexity index is 1590. The topological polar surface area (TPSA) is 90.5 Å². The molecule has 1 amide bonds. The summed E-state index contributed by atoms with van der Waals surface area (Å²) in [5.41, 5.74) is 1.34. The second-order valence-electron chi connectivity index (χ2n) is 8.25. The second kappa shape index (κ2) is 9.89. The van der Waals surface area contributed by atoms with E-state index in [9.17, 15) is 9.59 Å². The van der Waals surface area contributed by atoms with Crippen LogP contribution in [0.4, 0.5) is 5.69 Å². The molecular weight excluding hydrogens is 462 g/mol. The number of aromatic nitrogens is 4. The van der Waals surface area contributed by atoms with E-state index in [1.165, 1.54) is 11.8 Å². The monoisotopic (exact) mass is 487 g/mol. The van der Waals surface area contributed by atoms with Crippen molar-refractivity contribution in [3.8, 4) is 0 Å². The number of nitrogens with one attached hydrogen (secondary N) is 1. The zero-order valence-electron chi connectivity index (χ0n) is 19.5. The minimum absolute atomic E-state index is 0.116. The summed E-state index contributed by atoms with van der Waals surface area (Å²) in [6.07, 6.45) is 0.671. The largest absolute Gasteiger partial charge is 0.385 e. The normalized spacial score (nSPS) is 12.4. The van der Waals surface area contributed by atoms with E-state index in [1.807, 2.05) is 72.0 Å². The van der Waals surface area contributed by atoms with E-state index in [0.29, 0.717) is 41.4 Å². The van der Waals surface area contributed by atoms with Crippen molar-refractivity contribution < 1.29 is 9.53 Å². The van der Waals surface area contributed by atoms with E-state index < -0.39 is 5.25 Å². The number of carbonyl (C=O) groups excluding carboxylic acids is 1. The number of methoxy groups -OCH3 is 1. The molecule has 35 heavy (non-hydrogen) atoms. The van der Waals surface area contributed by atoms with Gasteiger partial charge in [0.2, 0.25) is 11.7 Å². The molecule has 178 valence electrons. The van der Waals surface area contributed by atoms with Crippen molar-refractivity contribution in [3.05, 3.63) is 77.1 Å². The molecule has 0 saturated carbocycles. The van der Waals surface area contributed by atoms with E-state index in [2.05, 4.69) is 15.5 Å². The number of fused-ring (bicyclic) bond motifs is 4. The summed E-state index contributed by atoms with van der Waals surface area (Å²) < 4.78 is 8.63. The van der Waals surface area contributed by atoms with Crippen LogP contribution in [-0.4, -0.2) is 44.0 Å². The number of thioether (sulfide) groups is 1. The summed E-state index contributed by atoms with van der Waals surface area (Å²) in [7, 11) is 1.63. The van der Waals surface area contributed by atoms with Crippen LogP contribution in [0.2, 0.25) is 0 Å². The lowest BCUT2D eigenvalue weighted by molar-refractivity contribution is -0.115. The third-order valence-electron chi connectivity index (χ3n) is 5.88. The Labute approximate surface area is 205 Å². The quantitative estimate of drug-likeness (QED) is 0.258. The van der Waals surface area contributed by atoms with Gasteiger partial charge in [0.25, 0.3) is 5.56 Å². The first-order valence-electron chi connectivity index (χ1n) is 11.4. The van der Waals surface area contributed by atoms with Crippen LogP contribution in [0.5, 0.6) is 0 Å². The summed E-state index contributed by atoms with van der Waals surface area (Å²) in [6.45, 7) is 2.83. The number of carbonyl (C=O) groups is 1. The fraction of sp³-hybridized carbons (Fsp3) is 0.231. The molecule has 8 nitrogen and oxygen atoms in total. The first-order chi connectivity index (χ1) is 17.1. The van der Waals surface area contributed by atoms with Crippen molar-refractivity contribution in [1.82, 2.24) is 19.2 Å². The first kappa shape index (κ1) is 23.1. The van der Waals surface area contributed by atoms with Crippen LogP contribution in [0.15, 0.2) is 76.7 Å². The number of ether oxygens (including phenoxy) is 1. The van der Waals surface area contributed by atoms with Gasteiger partial charge in [0.15, 0.2) is 5.16 Å². The molecule has 0 unspecified atom stereocenters. The molecule has 0 aliphatic rings. The molecule has 0 aliphatic heterocycles. The second-order valence-corrected chi connectivity index (χ2v) is 9.56. The molecule has 0 bridgehead atoms. The zero-order chi connectivity index (χ0) is 24.4. The molecule has 2 aromatic heterocycles. The van der Waals surface area contributed by atoms with E-state index in [1.54, 1.807) is 17.7 Å². The SMILES string of the molecule is COCCCn1c(=O)c2ccccc2n2c(S[C@H](C)C(=O)Nc3ccc4ccccc4c3)nnc12. The number of rotatable bonds is 8. The van der Waals surface area contributed by atoms with Crippen LogP contribution in [0.1, 0.15) is 13.3 Å². The van der Waals surface area contributed by atoms with E-state index in [-0.39, 0.29) is 11.5 Å². The number of hydrogen-bond donors (Lipinski definition) is 1. The highest BCUT2D eigenvalue weighted by Crippen LogP contribution is 2.26. The summed E-state index contributed by atoms with van der Waals surface area (Å²) in [5.74, 6) is 0.314. The molecular formula is C26H25N5O3S. The van der Waals surface area contributed by atoms with Crippen molar-refractivity contribution >= 4 is 50.8 Å². The van der Waals surface area contributed by atoms with Gasteiger partial charge in [-0.25, -0.2) is 0 Å². The van der Waals surface area contributed by atoms with Gasteiger partial charge in [0, 0.05) is 25.9 Å². The number of amides is 1. The molecule has 3 aromatic carbocycles. The van der Waals surface area contributed by atoms with Crippen LogP contribution >= 0.6 is 11.8 Å². The van der Waals surface area contributed by atoms with E-state index >= 15 is 0 Å². The molecule has 1 N–H and O–H groups in total.